The summed E-state index contributed by atoms with van der Waals surface area (Å²) in [6, 6.07) is 3.01. The van der Waals surface area contributed by atoms with Gasteiger partial charge >= 0.3 is 0 Å². The fourth-order valence-electron chi connectivity index (χ4n) is 1.60. The number of H-pyrrole nitrogens is 1. The molecule has 0 bridgehead atoms. The zero-order chi connectivity index (χ0) is 26.7. The quantitative estimate of drug-likeness (QED) is 0.846. The van der Waals surface area contributed by atoms with Crippen LogP contribution < -0.4 is 4.72 Å². The fourth-order valence-corrected chi connectivity index (χ4v) is 2.09. The molecule has 110 valence electrons. The van der Waals surface area contributed by atoms with Crippen LogP contribution in [0.3, 0.4) is 0 Å². The van der Waals surface area contributed by atoms with Crippen molar-refractivity contribution in [3.63, 3.8) is 0 Å². The summed E-state index contributed by atoms with van der Waals surface area (Å²) in [4.78, 5) is 2.45. The van der Waals surface area contributed by atoms with Gasteiger partial charge in [-0.2, -0.15) is 0 Å². The first-order valence-electron chi connectivity index (χ1n) is 12.3. The summed E-state index contributed by atoms with van der Waals surface area (Å²) >= 11 is 0. The van der Waals surface area contributed by atoms with E-state index in [4.69, 9.17) is 19.2 Å². The molecule has 1 aromatic heterocycles. The first-order chi connectivity index (χ1) is 14.9. The Morgan fingerprint density at radius 1 is 1.50 bits per heavy atom. The van der Waals surface area contributed by atoms with Gasteiger partial charge in [-0.1, -0.05) is 6.07 Å². The third kappa shape index (κ3) is 3.59. The third-order valence-corrected chi connectivity index (χ3v) is 3.18. The highest BCUT2D eigenvalue weighted by Crippen LogP contribution is 2.21. The molecule has 0 atom stereocenters. The summed E-state index contributed by atoms with van der Waals surface area (Å²) in [6.07, 6.45) is -3.35. The number of hydrogen-bond donors (Lipinski definition) is 2. The molecule has 0 unspecified atom stereocenters. The van der Waals surface area contributed by atoms with Gasteiger partial charge in [0.1, 0.15) is 0 Å². The molecule has 0 radical (unpaired) electrons. The maximum absolute atomic E-state index is 12.4. The number of nitrogens with zero attached hydrogens (tertiary/aromatic N) is 1. The monoisotopic (exact) mass is 309 g/mol. The van der Waals surface area contributed by atoms with Gasteiger partial charge in [0.25, 0.3) is 0 Å². The van der Waals surface area contributed by atoms with E-state index in [0.717, 1.165) is 18.2 Å². The molecule has 2 rings (SSSR count). The number of likely N-dealkylation sites (N-methyl/N-ethyl adjacent to an activating group) is 1. The minimum Gasteiger partial charge on any atom is -0.361 e. The molecule has 20 heavy (non-hydrogen) atoms. The number of benzene rings is 1. The molecule has 5 nitrogen and oxygen atoms in total. The van der Waals surface area contributed by atoms with Gasteiger partial charge in [0.2, 0.25) is 10.0 Å². The Labute approximate surface area is 139 Å². The van der Waals surface area contributed by atoms with E-state index in [0.29, 0.717) is 0 Å². The van der Waals surface area contributed by atoms with E-state index in [9.17, 15) is 8.42 Å². The van der Waals surface area contributed by atoms with E-state index in [1.807, 2.05) is 0 Å². The Hall–Kier alpha value is -1.37. The standard InChI is InChI=1S/C14H21N3O2S/c1-15-20(18,19)10-11-4-5-14-13(8-11)12(9-16-14)6-7-17(2)3/h4-5,8-9,15-16H,6-7,10H2,1-3H3/i1D3,2D3,3D3,6D2,9D,10D2. The van der Waals surface area contributed by atoms with Crippen LogP contribution in [0.15, 0.2) is 24.4 Å². The van der Waals surface area contributed by atoms with Gasteiger partial charge in [0, 0.05) is 41.4 Å². The van der Waals surface area contributed by atoms with Gasteiger partial charge in [0.15, 0.2) is 0 Å². The van der Waals surface area contributed by atoms with Gasteiger partial charge in [-0.25, -0.2) is 13.1 Å². The van der Waals surface area contributed by atoms with Crippen LogP contribution in [0.25, 0.3) is 10.9 Å². The molecule has 1 heterocycles. The molecule has 0 spiro atoms. The Kier molecular flexibility index (Phi) is 1.52. The Morgan fingerprint density at radius 3 is 3.10 bits per heavy atom. The van der Waals surface area contributed by atoms with Gasteiger partial charge < -0.3 is 9.88 Å². The van der Waals surface area contributed by atoms with E-state index in [2.05, 4.69) is 4.98 Å². The number of sulfonamides is 1. The predicted octanol–water partition coefficient (Wildman–Crippen LogP) is 1.32. The first kappa shape index (κ1) is 5.12. The van der Waals surface area contributed by atoms with Crippen molar-refractivity contribution in [1.82, 2.24) is 14.6 Å². The topological polar surface area (TPSA) is 65.2 Å². The van der Waals surface area contributed by atoms with Crippen molar-refractivity contribution in [2.75, 3.05) is 27.5 Å². The smallest absolute Gasteiger partial charge is 0.215 e. The number of fused-ring (bicyclic) bond motifs is 1. The molecule has 2 aromatic rings. The Morgan fingerprint density at radius 2 is 2.35 bits per heavy atom. The summed E-state index contributed by atoms with van der Waals surface area (Å²) in [5, 5.41) is -0.212. The Bertz CT molecular complexity index is 1150. The van der Waals surface area contributed by atoms with Crippen molar-refractivity contribution in [1.29, 1.82) is 0 Å². The summed E-state index contributed by atoms with van der Waals surface area (Å²) in [5.41, 5.74) is -4.38. The lowest BCUT2D eigenvalue weighted by atomic mass is 10.1. The van der Waals surface area contributed by atoms with Crippen molar-refractivity contribution in [3.8, 4) is 0 Å². The van der Waals surface area contributed by atoms with E-state index in [1.54, 1.807) is 0 Å². The molecule has 6 heteroatoms. The summed E-state index contributed by atoms with van der Waals surface area (Å²) < 4.78 is 132. The predicted molar refractivity (Wildman–Crippen MR) is 82.2 cm³/mol. The molecule has 0 aliphatic heterocycles. The number of aromatic amines is 1. The van der Waals surface area contributed by atoms with Gasteiger partial charge in [-0.05, 0) is 50.6 Å². The molecule has 0 aliphatic rings. The minimum atomic E-state index is -5.13. The van der Waals surface area contributed by atoms with Crippen molar-refractivity contribution in [3.05, 3.63) is 35.5 Å². The normalized spacial score (nSPS) is 26.1. The number of aromatic nitrogens is 1. The average Bonchev–Trinajstić information content (AvgIpc) is 2.91. The summed E-state index contributed by atoms with van der Waals surface area (Å²) in [6.45, 7) is -10.9. The largest absolute Gasteiger partial charge is 0.361 e. The first-order valence-corrected chi connectivity index (χ1v) is 6.83. The van der Waals surface area contributed by atoms with Crippen molar-refractivity contribution >= 4 is 20.9 Å². The second kappa shape index (κ2) is 5.95. The zero-order valence-electron chi connectivity index (χ0n) is 24.1. The number of rotatable bonds is 6. The molecule has 0 saturated heterocycles. The lowest BCUT2D eigenvalue weighted by Crippen LogP contribution is -2.20. The third-order valence-electron chi connectivity index (χ3n) is 2.41. The second-order valence-electron chi connectivity index (χ2n) is 3.86. The van der Waals surface area contributed by atoms with Crippen LogP contribution in [0, 0.1) is 0 Å². The molecular weight excluding hydrogens is 274 g/mol. The van der Waals surface area contributed by atoms with Crippen LogP contribution in [-0.2, 0) is 22.1 Å². The van der Waals surface area contributed by atoms with Crippen LogP contribution in [0.2, 0.25) is 0 Å². The summed E-state index contributed by atoms with van der Waals surface area (Å²) in [7, 11) is -5.13. The van der Waals surface area contributed by atoms with Gasteiger partial charge in [-0.15, -0.1) is 0 Å². The molecule has 2 N–H and O–H groups in total. The van der Waals surface area contributed by atoms with Crippen LogP contribution in [0.1, 0.15) is 30.3 Å². The maximum Gasteiger partial charge on any atom is 0.215 e. The van der Waals surface area contributed by atoms with Gasteiger partial charge in [-0.3, -0.25) is 0 Å². The molecule has 0 saturated carbocycles. The number of nitrogens with one attached hydrogen (secondary N) is 2. The molecule has 1 aromatic carbocycles. The van der Waals surface area contributed by atoms with Crippen molar-refractivity contribution < 1.29 is 27.6 Å². The maximum atomic E-state index is 12.4. The summed E-state index contributed by atoms with van der Waals surface area (Å²) in [5.74, 6) is 0. The minimum absolute atomic E-state index is 0.0356. The highest BCUT2D eigenvalue weighted by molar-refractivity contribution is 7.88. The van der Waals surface area contributed by atoms with E-state index >= 15 is 0 Å². The molecule has 0 fully saturated rings. The van der Waals surface area contributed by atoms with Crippen LogP contribution in [0.5, 0.6) is 0 Å². The van der Waals surface area contributed by atoms with E-state index in [1.165, 1.54) is 4.72 Å². The van der Waals surface area contributed by atoms with E-state index in [-0.39, 0.29) is 15.8 Å². The van der Waals surface area contributed by atoms with Crippen LogP contribution in [-0.4, -0.2) is 45.8 Å². The average molecular weight is 309 g/mol. The highest BCUT2D eigenvalue weighted by Gasteiger charge is 2.11. The van der Waals surface area contributed by atoms with Crippen molar-refractivity contribution in [2.24, 2.45) is 0 Å². The highest BCUT2D eigenvalue weighted by atomic mass is 32.2. The SMILES string of the molecule is [2H]c1[nH]c2ccc(C([2H])([2H])S(=O)(=O)NC([2H])([2H])[2H])cc2c1C([2H])([2H])CN(C([2H])([2H])[2H])C([2H])([2H])[2H]. The molecule has 0 aliphatic carbocycles. The van der Waals surface area contributed by atoms with E-state index < -0.39 is 66.9 Å². The van der Waals surface area contributed by atoms with Crippen molar-refractivity contribution in [2.45, 2.75) is 12.1 Å². The Balaban J connectivity index is 2.66. The lowest BCUT2D eigenvalue weighted by molar-refractivity contribution is 0.414. The van der Waals surface area contributed by atoms with Crippen LogP contribution >= 0.6 is 0 Å². The molecular formula is C14H21N3O2S. The second-order valence-corrected chi connectivity index (χ2v) is 5.27. The molecule has 0 amide bonds. The number of hydrogen-bond acceptors (Lipinski definition) is 3. The fraction of sp³-hybridized carbons (Fsp3) is 0.429. The van der Waals surface area contributed by atoms with Crippen LogP contribution in [0.4, 0.5) is 0 Å². The van der Waals surface area contributed by atoms with Gasteiger partial charge in [0.05, 0.1) is 7.08 Å². The lowest BCUT2D eigenvalue weighted by Gasteiger charge is -2.08. The zero-order valence-corrected chi connectivity index (χ0v) is 10.9.